The third-order valence-electron chi connectivity index (χ3n) is 5.56. The van der Waals surface area contributed by atoms with Gasteiger partial charge in [-0.05, 0) is 12.3 Å². The zero-order chi connectivity index (χ0) is 22.7. The standard InChI is InChI=1S/C24H27N3O3S2/c1-17(2)14-27(19-12-13-32(29,30)16-19)22(28)15-31-24-21-11-7-6-10-20(21)23(25-26-24)18-8-4-3-5-9-18/h3-11,17,19H,12-16H2,1-2H3. The normalized spacial score (nSPS) is 17.7. The van der Waals surface area contributed by atoms with Gasteiger partial charge in [0.15, 0.2) is 9.84 Å². The Morgan fingerprint density at radius 1 is 1.06 bits per heavy atom. The number of benzene rings is 2. The minimum atomic E-state index is -3.06. The molecule has 0 N–H and O–H groups in total. The van der Waals surface area contributed by atoms with E-state index < -0.39 is 9.84 Å². The molecule has 168 valence electrons. The molecule has 32 heavy (non-hydrogen) atoms. The summed E-state index contributed by atoms with van der Waals surface area (Å²) in [5, 5.41) is 11.6. The van der Waals surface area contributed by atoms with Crippen molar-refractivity contribution in [2.24, 2.45) is 5.92 Å². The molecule has 0 radical (unpaired) electrons. The Balaban J connectivity index is 1.56. The summed E-state index contributed by atoms with van der Waals surface area (Å²) in [4.78, 5) is 14.9. The molecule has 1 atom stereocenters. The van der Waals surface area contributed by atoms with E-state index in [0.29, 0.717) is 18.0 Å². The second-order valence-electron chi connectivity index (χ2n) is 8.55. The van der Waals surface area contributed by atoms with Gasteiger partial charge in [0.05, 0.1) is 17.3 Å². The van der Waals surface area contributed by atoms with Crippen molar-refractivity contribution >= 4 is 38.3 Å². The predicted molar refractivity (Wildman–Crippen MR) is 129 cm³/mol. The topological polar surface area (TPSA) is 80.2 Å². The van der Waals surface area contributed by atoms with E-state index in [9.17, 15) is 13.2 Å². The van der Waals surface area contributed by atoms with Gasteiger partial charge < -0.3 is 4.90 Å². The largest absolute Gasteiger partial charge is 0.338 e. The Hall–Kier alpha value is -2.45. The van der Waals surface area contributed by atoms with Crippen LogP contribution in [0, 0.1) is 5.92 Å². The third-order valence-corrected chi connectivity index (χ3v) is 8.28. The van der Waals surface area contributed by atoms with E-state index in [4.69, 9.17) is 0 Å². The highest BCUT2D eigenvalue weighted by Crippen LogP contribution is 2.32. The number of nitrogens with zero attached hydrogens (tertiary/aromatic N) is 3. The highest BCUT2D eigenvalue weighted by atomic mass is 32.2. The Kier molecular flexibility index (Phi) is 6.81. The zero-order valence-electron chi connectivity index (χ0n) is 18.3. The molecule has 0 spiro atoms. The molecular weight excluding hydrogens is 442 g/mol. The van der Waals surface area contributed by atoms with Crippen molar-refractivity contribution in [3.63, 3.8) is 0 Å². The number of hydrogen-bond acceptors (Lipinski definition) is 6. The van der Waals surface area contributed by atoms with E-state index in [0.717, 1.165) is 22.0 Å². The predicted octanol–water partition coefficient (Wildman–Crippen LogP) is 4.06. The lowest BCUT2D eigenvalue weighted by molar-refractivity contribution is -0.130. The van der Waals surface area contributed by atoms with Crippen LogP contribution in [0.5, 0.6) is 0 Å². The minimum Gasteiger partial charge on any atom is -0.338 e. The average molecular weight is 470 g/mol. The number of amides is 1. The summed E-state index contributed by atoms with van der Waals surface area (Å²) in [5.41, 5.74) is 1.81. The van der Waals surface area contributed by atoms with Gasteiger partial charge in [-0.25, -0.2) is 8.42 Å². The van der Waals surface area contributed by atoms with Crippen LogP contribution in [-0.4, -0.2) is 59.3 Å². The van der Waals surface area contributed by atoms with Crippen LogP contribution < -0.4 is 0 Å². The summed E-state index contributed by atoms with van der Waals surface area (Å²) in [6, 6.07) is 17.6. The van der Waals surface area contributed by atoms with Crippen LogP contribution in [-0.2, 0) is 14.6 Å². The number of carbonyl (C=O) groups is 1. The number of sulfone groups is 1. The summed E-state index contributed by atoms with van der Waals surface area (Å²) in [5.74, 6) is 0.628. The van der Waals surface area contributed by atoms with Gasteiger partial charge in [0.25, 0.3) is 0 Å². The van der Waals surface area contributed by atoms with Crippen molar-refractivity contribution in [2.45, 2.75) is 31.3 Å². The van der Waals surface area contributed by atoms with E-state index in [1.807, 2.05) is 68.4 Å². The fourth-order valence-electron chi connectivity index (χ4n) is 4.08. The number of hydrogen-bond donors (Lipinski definition) is 0. The van der Waals surface area contributed by atoms with Gasteiger partial charge in [-0.3, -0.25) is 4.79 Å². The molecule has 6 nitrogen and oxygen atoms in total. The Labute approximate surface area is 193 Å². The van der Waals surface area contributed by atoms with Crippen molar-refractivity contribution in [3.05, 3.63) is 54.6 Å². The maximum atomic E-state index is 13.1. The fraction of sp³-hybridized carbons (Fsp3) is 0.375. The van der Waals surface area contributed by atoms with Crippen molar-refractivity contribution < 1.29 is 13.2 Å². The molecule has 1 unspecified atom stereocenters. The molecule has 4 rings (SSSR count). The smallest absolute Gasteiger partial charge is 0.233 e. The lowest BCUT2D eigenvalue weighted by Gasteiger charge is -2.30. The summed E-state index contributed by atoms with van der Waals surface area (Å²) in [6.07, 6.45) is 0.514. The molecule has 1 aromatic heterocycles. The van der Waals surface area contributed by atoms with Crippen LogP contribution >= 0.6 is 11.8 Å². The van der Waals surface area contributed by atoms with E-state index in [-0.39, 0.29) is 35.1 Å². The monoisotopic (exact) mass is 469 g/mol. The molecule has 1 fully saturated rings. The first-order chi connectivity index (χ1) is 15.3. The number of fused-ring (bicyclic) bond motifs is 1. The third kappa shape index (κ3) is 5.13. The van der Waals surface area contributed by atoms with E-state index in [2.05, 4.69) is 10.2 Å². The molecule has 1 aliphatic rings. The summed E-state index contributed by atoms with van der Waals surface area (Å²) in [7, 11) is -3.06. The van der Waals surface area contributed by atoms with Crippen LogP contribution in [0.3, 0.4) is 0 Å². The van der Waals surface area contributed by atoms with Crippen molar-refractivity contribution in [3.8, 4) is 11.3 Å². The maximum absolute atomic E-state index is 13.1. The Bertz CT molecular complexity index is 1210. The van der Waals surface area contributed by atoms with Crippen molar-refractivity contribution in [2.75, 3.05) is 23.8 Å². The lowest BCUT2D eigenvalue weighted by Crippen LogP contribution is -2.44. The lowest BCUT2D eigenvalue weighted by atomic mass is 10.1. The number of aromatic nitrogens is 2. The molecule has 2 aromatic carbocycles. The second-order valence-corrected chi connectivity index (χ2v) is 11.7. The number of carbonyl (C=O) groups excluding carboxylic acids is 1. The second kappa shape index (κ2) is 9.58. The van der Waals surface area contributed by atoms with Gasteiger partial charge in [-0.1, -0.05) is 80.2 Å². The van der Waals surface area contributed by atoms with Crippen LogP contribution in [0.25, 0.3) is 22.0 Å². The van der Waals surface area contributed by atoms with E-state index >= 15 is 0 Å². The molecule has 2 heterocycles. The molecule has 0 aliphatic carbocycles. The molecule has 1 amide bonds. The van der Waals surface area contributed by atoms with Crippen LogP contribution in [0.4, 0.5) is 0 Å². The van der Waals surface area contributed by atoms with Gasteiger partial charge in [0, 0.05) is 28.9 Å². The van der Waals surface area contributed by atoms with Crippen LogP contribution in [0.2, 0.25) is 0 Å². The Morgan fingerprint density at radius 2 is 1.75 bits per heavy atom. The first-order valence-electron chi connectivity index (χ1n) is 10.8. The van der Waals surface area contributed by atoms with Gasteiger partial charge in [0.2, 0.25) is 5.91 Å². The molecular formula is C24H27N3O3S2. The van der Waals surface area contributed by atoms with Crippen molar-refractivity contribution in [1.82, 2.24) is 15.1 Å². The van der Waals surface area contributed by atoms with Gasteiger partial charge in [-0.2, -0.15) is 0 Å². The number of thioether (sulfide) groups is 1. The van der Waals surface area contributed by atoms with Crippen LogP contribution in [0.1, 0.15) is 20.3 Å². The van der Waals surface area contributed by atoms with Gasteiger partial charge >= 0.3 is 0 Å². The van der Waals surface area contributed by atoms with Crippen LogP contribution in [0.15, 0.2) is 59.6 Å². The van der Waals surface area contributed by atoms with Gasteiger partial charge in [-0.15, -0.1) is 10.2 Å². The molecule has 3 aromatic rings. The fourth-order valence-corrected chi connectivity index (χ4v) is 6.67. The molecule has 8 heteroatoms. The molecule has 1 saturated heterocycles. The first kappa shape index (κ1) is 22.7. The summed E-state index contributed by atoms with van der Waals surface area (Å²) >= 11 is 1.36. The molecule has 1 aliphatic heterocycles. The minimum absolute atomic E-state index is 0.0520. The summed E-state index contributed by atoms with van der Waals surface area (Å²) < 4.78 is 23.9. The van der Waals surface area contributed by atoms with Gasteiger partial charge in [0.1, 0.15) is 10.7 Å². The Morgan fingerprint density at radius 3 is 2.41 bits per heavy atom. The highest BCUT2D eigenvalue weighted by Gasteiger charge is 2.34. The number of rotatable bonds is 7. The first-order valence-corrected chi connectivity index (χ1v) is 13.6. The molecule has 0 bridgehead atoms. The van der Waals surface area contributed by atoms with Crippen molar-refractivity contribution in [1.29, 1.82) is 0 Å². The van der Waals surface area contributed by atoms with E-state index in [1.165, 1.54) is 11.8 Å². The SMILES string of the molecule is CC(C)CN(C(=O)CSc1nnc(-c2ccccc2)c2ccccc12)C1CCS(=O)(=O)C1. The summed E-state index contributed by atoms with van der Waals surface area (Å²) in [6.45, 7) is 4.63. The quantitative estimate of drug-likeness (QED) is 0.486. The zero-order valence-corrected chi connectivity index (χ0v) is 19.9. The average Bonchev–Trinajstić information content (AvgIpc) is 3.15. The highest BCUT2D eigenvalue weighted by molar-refractivity contribution is 8.00. The molecule has 0 saturated carbocycles. The van der Waals surface area contributed by atoms with E-state index in [1.54, 1.807) is 4.90 Å². The maximum Gasteiger partial charge on any atom is 0.233 e.